The first-order valence-corrected chi connectivity index (χ1v) is 7.62. The summed E-state index contributed by atoms with van der Waals surface area (Å²) in [6.45, 7) is 1.16. The highest BCUT2D eigenvalue weighted by atomic mass is 32.2. The zero-order valence-electron chi connectivity index (χ0n) is 10.5. The van der Waals surface area contributed by atoms with Crippen LogP contribution in [0.2, 0.25) is 0 Å². The Kier molecular flexibility index (Phi) is 5.55. The van der Waals surface area contributed by atoms with Gasteiger partial charge < -0.3 is 10.6 Å². The molecule has 2 rings (SSSR count). The van der Waals surface area contributed by atoms with Crippen molar-refractivity contribution in [2.45, 2.75) is 18.9 Å². The number of hydrogen-bond acceptors (Lipinski definition) is 3. The Balaban J connectivity index is 1.57. The molecule has 1 fully saturated rings. The molecule has 0 aliphatic carbocycles. The van der Waals surface area contributed by atoms with Crippen LogP contribution in [-0.4, -0.2) is 36.5 Å². The van der Waals surface area contributed by atoms with E-state index in [9.17, 15) is 4.79 Å². The van der Waals surface area contributed by atoms with E-state index in [0.29, 0.717) is 19.1 Å². The van der Waals surface area contributed by atoms with Gasteiger partial charge in [0.15, 0.2) is 0 Å². The first-order chi connectivity index (χ1) is 8.84. The fourth-order valence-electron chi connectivity index (χ4n) is 1.99. The van der Waals surface area contributed by atoms with Crippen LogP contribution in [0.25, 0.3) is 0 Å². The number of nitrogens with one attached hydrogen (secondary N) is 2. The van der Waals surface area contributed by atoms with Crippen molar-refractivity contribution in [2.75, 3.05) is 24.6 Å². The number of carbonyl (C=O) groups excluding carboxylic acids is 1. The maximum Gasteiger partial charge on any atom is 0.233 e. The zero-order valence-corrected chi connectivity index (χ0v) is 11.3. The highest BCUT2D eigenvalue weighted by Crippen LogP contribution is 2.16. The SMILES string of the molecule is O=C(CNC1CCSC1)NCCc1ccccc1. The lowest BCUT2D eigenvalue weighted by molar-refractivity contribution is -0.120. The summed E-state index contributed by atoms with van der Waals surface area (Å²) in [4.78, 5) is 11.6. The smallest absolute Gasteiger partial charge is 0.233 e. The molecule has 1 amide bonds. The van der Waals surface area contributed by atoms with E-state index in [0.717, 1.165) is 12.2 Å². The number of hydrogen-bond donors (Lipinski definition) is 2. The van der Waals surface area contributed by atoms with Gasteiger partial charge in [0.1, 0.15) is 0 Å². The number of carbonyl (C=O) groups is 1. The zero-order chi connectivity index (χ0) is 12.6. The molecule has 4 heteroatoms. The molecule has 0 saturated carbocycles. The molecule has 0 bridgehead atoms. The fraction of sp³-hybridized carbons (Fsp3) is 0.500. The Morgan fingerprint density at radius 3 is 2.89 bits per heavy atom. The summed E-state index contributed by atoms with van der Waals surface area (Å²) in [5.74, 6) is 2.45. The van der Waals surface area contributed by atoms with E-state index in [1.807, 2.05) is 30.0 Å². The van der Waals surface area contributed by atoms with Crippen LogP contribution >= 0.6 is 11.8 Å². The Labute approximate surface area is 113 Å². The van der Waals surface area contributed by atoms with Crippen molar-refractivity contribution >= 4 is 17.7 Å². The van der Waals surface area contributed by atoms with Crippen LogP contribution in [-0.2, 0) is 11.2 Å². The van der Waals surface area contributed by atoms with Gasteiger partial charge in [-0.2, -0.15) is 11.8 Å². The van der Waals surface area contributed by atoms with Crippen LogP contribution in [0, 0.1) is 0 Å². The van der Waals surface area contributed by atoms with E-state index >= 15 is 0 Å². The third kappa shape index (κ3) is 4.70. The van der Waals surface area contributed by atoms with Crippen molar-refractivity contribution in [3.8, 4) is 0 Å². The first-order valence-electron chi connectivity index (χ1n) is 6.46. The van der Waals surface area contributed by atoms with Crippen molar-refractivity contribution in [3.63, 3.8) is 0 Å². The summed E-state index contributed by atoms with van der Waals surface area (Å²) < 4.78 is 0. The van der Waals surface area contributed by atoms with Gasteiger partial charge in [0.05, 0.1) is 6.54 Å². The molecule has 1 aromatic rings. The highest BCUT2D eigenvalue weighted by Gasteiger charge is 2.15. The third-order valence-electron chi connectivity index (χ3n) is 3.06. The normalized spacial score (nSPS) is 18.8. The molecule has 3 nitrogen and oxygen atoms in total. The summed E-state index contributed by atoms with van der Waals surface area (Å²) in [6, 6.07) is 10.7. The number of amides is 1. The lowest BCUT2D eigenvalue weighted by atomic mass is 10.1. The maximum atomic E-state index is 11.6. The Bertz CT molecular complexity index is 363. The summed E-state index contributed by atoms with van der Waals surface area (Å²) in [5.41, 5.74) is 1.26. The summed E-state index contributed by atoms with van der Waals surface area (Å²) in [7, 11) is 0. The van der Waals surface area contributed by atoms with Gasteiger partial charge in [-0.15, -0.1) is 0 Å². The predicted octanol–water partition coefficient (Wildman–Crippen LogP) is 1.44. The Hall–Kier alpha value is -1.00. The van der Waals surface area contributed by atoms with E-state index in [1.54, 1.807) is 0 Å². The largest absolute Gasteiger partial charge is 0.355 e. The number of benzene rings is 1. The molecule has 1 aliphatic rings. The molecule has 2 N–H and O–H groups in total. The molecular formula is C14H20N2OS. The van der Waals surface area contributed by atoms with Crippen molar-refractivity contribution in [1.82, 2.24) is 10.6 Å². The van der Waals surface area contributed by atoms with Gasteiger partial charge in [-0.3, -0.25) is 4.79 Å². The third-order valence-corrected chi connectivity index (χ3v) is 4.22. The second kappa shape index (κ2) is 7.44. The minimum absolute atomic E-state index is 0.0998. The monoisotopic (exact) mass is 264 g/mol. The van der Waals surface area contributed by atoms with E-state index < -0.39 is 0 Å². The molecule has 98 valence electrons. The van der Waals surface area contributed by atoms with E-state index in [2.05, 4.69) is 22.8 Å². The van der Waals surface area contributed by atoms with Gasteiger partial charge in [0.25, 0.3) is 0 Å². The van der Waals surface area contributed by atoms with Gasteiger partial charge in [0, 0.05) is 18.3 Å². The van der Waals surface area contributed by atoms with E-state index in [4.69, 9.17) is 0 Å². The van der Waals surface area contributed by atoms with Crippen LogP contribution in [0.15, 0.2) is 30.3 Å². The maximum absolute atomic E-state index is 11.6. The minimum Gasteiger partial charge on any atom is -0.355 e. The molecule has 1 saturated heterocycles. The molecule has 0 aromatic heterocycles. The molecule has 1 aliphatic heterocycles. The van der Waals surface area contributed by atoms with Gasteiger partial charge >= 0.3 is 0 Å². The second-order valence-corrected chi connectivity index (χ2v) is 5.68. The first kappa shape index (κ1) is 13.4. The predicted molar refractivity (Wildman–Crippen MR) is 76.9 cm³/mol. The lowest BCUT2D eigenvalue weighted by Gasteiger charge is -2.11. The topological polar surface area (TPSA) is 41.1 Å². The molecule has 1 heterocycles. The number of rotatable bonds is 6. The molecule has 1 aromatic carbocycles. The van der Waals surface area contributed by atoms with Crippen LogP contribution in [0.5, 0.6) is 0 Å². The highest BCUT2D eigenvalue weighted by molar-refractivity contribution is 7.99. The van der Waals surface area contributed by atoms with Crippen LogP contribution < -0.4 is 10.6 Å². The minimum atomic E-state index is 0.0998. The quantitative estimate of drug-likeness (QED) is 0.817. The van der Waals surface area contributed by atoms with Crippen molar-refractivity contribution in [1.29, 1.82) is 0 Å². The van der Waals surface area contributed by atoms with E-state index in [-0.39, 0.29) is 5.91 Å². The molecule has 0 radical (unpaired) electrons. The van der Waals surface area contributed by atoms with Gasteiger partial charge in [-0.1, -0.05) is 30.3 Å². The molecular weight excluding hydrogens is 244 g/mol. The van der Waals surface area contributed by atoms with Gasteiger partial charge in [-0.05, 0) is 24.2 Å². The lowest BCUT2D eigenvalue weighted by Crippen LogP contribution is -2.39. The van der Waals surface area contributed by atoms with Crippen molar-refractivity contribution in [2.24, 2.45) is 0 Å². The molecule has 18 heavy (non-hydrogen) atoms. The standard InChI is InChI=1S/C14H20N2OS/c17-14(10-16-13-7-9-18-11-13)15-8-6-12-4-2-1-3-5-12/h1-5,13,16H,6-11H2,(H,15,17). The molecule has 0 spiro atoms. The van der Waals surface area contributed by atoms with Crippen LogP contribution in [0.4, 0.5) is 0 Å². The van der Waals surface area contributed by atoms with Crippen LogP contribution in [0.3, 0.4) is 0 Å². The van der Waals surface area contributed by atoms with Crippen molar-refractivity contribution < 1.29 is 4.79 Å². The van der Waals surface area contributed by atoms with Gasteiger partial charge in [0.2, 0.25) is 5.91 Å². The number of thioether (sulfide) groups is 1. The van der Waals surface area contributed by atoms with E-state index in [1.165, 1.54) is 17.7 Å². The second-order valence-electron chi connectivity index (χ2n) is 4.53. The molecule has 1 atom stereocenters. The van der Waals surface area contributed by atoms with Crippen LogP contribution in [0.1, 0.15) is 12.0 Å². The van der Waals surface area contributed by atoms with Crippen molar-refractivity contribution in [3.05, 3.63) is 35.9 Å². The average Bonchev–Trinajstić information content (AvgIpc) is 2.91. The molecule has 1 unspecified atom stereocenters. The average molecular weight is 264 g/mol. The Morgan fingerprint density at radius 1 is 1.33 bits per heavy atom. The summed E-state index contributed by atoms with van der Waals surface area (Å²) >= 11 is 1.95. The Morgan fingerprint density at radius 2 is 2.17 bits per heavy atom. The van der Waals surface area contributed by atoms with Gasteiger partial charge in [-0.25, -0.2) is 0 Å². The summed E-state index contributed by atoms with van der Waals surface area (Å²) in [6.07, 6.45) is 2.08. The fourth-order valence-corrected chi connectivity index (χ4v) is 3.17. The summed E-state index contributed by atoms with van der Waals surface area (Å²) in [5, 5.41) is 6.24.